The van der Waals surface area contributed by atoms with Crippen molar-refractivity contribution in [1.82, 2.24) is 9.78 Å². The second kappa shape index (κ2) is 4.85. The Hall–Kier alpha value is -1.47. The highest BCUT2D eigenvalue weighted by molar-refractivity contribution is 5.13. The van der Waals surface area contributed by atoms with Gasteiger partial charge in [0, 0.05) is 13.2 Å². The van der Waals surface area contributed by atoms with Gasteiger partial charge in [0.1, 0.15) is 6.61 Å². The van der Waals surface area contributed by atoms with Crippen LogP contribution in [0.25, 0.3) is 0 Å². The maximum absolute atomic E-state index is 5.29. The number of ether oxygens (including phenoxy) is 2. The minimum atomic E-state index is 0.291. The first-order valence-corrected chi connectivity index (χ1v) is 5.08. The van der Waals surface area contributed by atoms with Gasteiger partial charge in [0.05, 0.1) is 18.4 Å². The zero-order valence-corrected chi connectivity index (χ0v) is 8.56. The summed E-state index contributed by atoms with van der Waals surface area (Å²) in [5, 5.41) is 4.26. The Balaban J connectivity index is 1.96. The van der Waals surface area contributed by atoms with Crippen molar-refractivity contribution in [1.29, 1.82) is 0 Å². The number of aromatic nitrogens is 2. The molecular weight excluding hydrogens is 192 g/mol. The SMILES string of the molecule is C#CCOc1cnn(C2CCOCC2)c1. The number of hydrogen-bond donors (Lipinski definition) is 0. The van der Waals surface area contributed by atoms with Crippen LogP contribution < -0.4 is 4.74 Å². The van der Waals surface area contributed by atoms with E-state index in [0.29, 0.717) is 12.6 Å². The van der Waals surface area contributed by atoms with E-state index in [1.165, 1.54) is 0 Å². The van der Waals surface area contributed by atoms with Crippen molar-refractivity contribution >= 4 is 0 Å². The van der Waals surface area contributed by atoms with Gasteiger partial charge in [-0.05, 0) is 12.8 Å². The van der Waals surface area contributed by atoms with Gasteiger partial charge in [-0.25, -0.2) is 0 Å². The highest BCUT2D eigenvalue weighted by Crippen LogP contribution is 2.21. The average molecular weight is 206 g/mol. The van der Waals surface area contributed by atoms with Crippen LogP contribution in [-0.4, -0.2) is 29.6 Å². The molecule has 1 aliphatic heterocycles. The fourth-order valence-corrected chi connectivity index (χ4v) is 1.67. The highest BCUT2D eigenvalue weighted by Gasteiger charge is 2.16. The van der Waals surface area contributed by atoms with Crippen LogP contribution in [0.3, 0.4) is 0 Å². The van der Waals surface area contributed by atoms with Crippen LogP contribution in [0.4, 0.5) is 0 Å². The molecule has 1 aliphatic rings. The van der Waals surface area contributed by atoms with Crippen LogP contribution in [0.2, 0.25) is 0 Å². The van der Waals surface area contributed by atoms with Gasteiger partial charge < -0.3 is 9.47 Å². The molecule has 0 saturated carbocycles. The van der Waals surface area contributed by atoms with Crippen LogP contribution in [0.15, 0.2) is 12.4 Å². The van der Waals surface area contributed by atoms with E-state index in [1.807, 2.05) is 10.9 Å². The molecule has 0 aliphatic carbocycles. The second-order valence-electron chi connectivity index (χ2n) is 3.49. The van der Waals surface area contributed by atoms with Crippen LogP contribution >= 0.6 is 0 Å². The van der Waals surface area contributed by atoms with Crippen LogP contribution in [0.1, 0.15) is 18.9 Å². The molecule has 4 nitrogen and oxygen atoms in total. The summed E-state index contributed by atoms with van der Waals surface area (Å²) in [6.45, 7) is 1.91. The van der Waals surface area contributed by atoms with Gasteiger partial charge in [-0.1, -0.05) is 5.92 Å². The standard InChI is InChI=1S/C11H14N2O2/c1-2-5-15-11-8-12-13(9-11)10-3-6-14-7-4-10/h1,8-10H,3-7H2. The van der Waals surface area contributed by atoms with Gasteiger partial charge in [0.15, 0.2) is 5.75 Å². The molecule has 1 aromatic rings. The average Bonchev–Trinajstić information content (AvgIpc) is 2.76. The van der Waals surface area contributed by atoms with Crippen molar-refractivity contribution in [3.8, 4) is 18.1 Å². The van der Waals surface area contributed by atoms with Gasteiger partial charge in [0.25, 0.3) is 0 Å². The summed E-state index contributed by atoms with van der Waals surface area (Å²) < 4.78 is 12.5. The normalized spacial score (nSPS) is 17.3. The van der Waals surface area contributed by atoms with Crippen molar-refractivity contribution in [2.75, 3.05) is 19.8 Å². The molecule has 0 bridgehead atoms. The fourth-order valence-electron chi connectivity index (χ4n) is 1.67. The monoisotopic (exact) mass is 206 g/mol. The lowest BCUT2D eigenvalue weighted by atomic mass is 10.1. The summed E-state index contributed by atoms with van der Waals surface area (Å²) in [6.07, 6.45) is 10.7. The molecule has 0 atom stereocenters. The summed E-state index contributed by atoms with van der Waals surface area (Å²) in [6, 6.07) is 0.432. The maximum Gasteiger partial charge on any atom is 0.158 e. The van der Waals surface area contributed by atoms with Crippen molar-refractivity contribution in [2.45, 2.75) is 18.9 Å². The first-order chi connectivity index (χ1) is 7.40. The Morgan fingerprint density at radius 3 is 3.13 bits per heavy atom. The molecule has 0 spiro atoms. The number of nitrogens with zero attached hydrogens (tertiary/aromatic N) is 2. The molecule has 0 aromatic carbocycles. The number of hydrogen-bond acceptors (Lipinski definition) is 3. The largest absolute Gasteiger partial charge is 0.478 e. The van der Waals surface area contributed by atoms with E-state index < -0.39 is 0 Å². The lowest BCUT2D eigenvalue weighted by Gasteiger charge is -2.21. The second-order valence-corrected chi connectivity index (χ2v) is 3.49. The van der Waals surface area contributed by atoms with Crippen molar-refractivity contribution in [2.24, 2.45) is 0 Å². The van der Waals surface area contributed by atoms with E-state index >= 15 is 0 Å². The van der Waals surface area contributed by atoms with Crippen LogP contribution in [0, 0.1) is 12.3 Å². The third-order valence-corrected chi connectivity index (χ3v) is 2.46. The molecule has 4 heteroatoms. The number of rotatable bonds is 3. The first kappa shape index (κ1) is 10.1. The van der Waals surface area contributed by atoms with E-state index in [4.69, 9.17) is 15.9 Å². The Bertz CT molecular complexity index is 348. The van der Waals surface area contributed by atoms with Crippen molar-refractivity contribution < 1.29 is 9.47 Å². The Morgan fingerprint density at radius 1 is 1.60 bits per heavy atom. The molecule has 0 radical (unpaired) electrons. The molecular formula is C11H14N2O2. The quantitative estimate of drug-likeness (QED) is 0.698. The highest BCUT2D eigenvalue weighted by atomic mass is 16.5. The zero-order chi connectivity index (χ0) is 10.5. The Labute approximate surface area is 89.2 Å². The third-order valence-electron chi connectivity index (χ3n) is 2.46. The lowest BCUT2D eigenvalue weighted by Crippen LogP contribution is -2.19. The topological polar surface area (TPSA) is 36.3 Å². The minimum absolute atomic E-state index is 0.291. The maximum atomic E-state index is 5.29. The lowest BCUT2D eigenvalue weighted by molar-refractivity contribution is 0.0662. The summed E-state index contributed by atoms with van der Waals surface area (Å²) in [7, 11) is 0. The summed E-state index contributed by atoms with van der Waals surface area (Å²) in [5.74, 6) is 3.16. The van der Waals surface area contributed by atoms with E-state index in [-0.39, 0.29) is 0 Å². The molecule has 0 N–H and O–H groups in total. The van der Waals surface area contributed by atoms with Gasteiger partial charge >= 0.3 is 0 Å². The molecule has 0 unspecified atom stereocenters. The summed E-state index contributed by atoms with van der Waals surface area (Å²) >= 11 is 0. The van der Waals surface area contributed by atoms with Gasteiger partial charge in [0.2, 0.25) is 0 Å². The molecule has 2 rings (SSSR count). The molecule has 0 amide bonds. The molecule has 1 saturated heterocycles. The van der Waals surface area contributed by atoms with E-state index in [1.54, 1.807) is 6.20 Å². The summed E-state index contributed by atoms with van der Waals surface area (Å²) in [4.78, 5) is 0. The van der Waals surface area contributed by atoms with Crippen LogP contribution in [-0.2, 0) is 4.74 Å². The van der Waals surface area contributed by atoms with Gasteiger partial charge in [-0.15, -0.1) is 6.42 Å². The van der Waals surface area contributed by atoms with Gasteiger partial charge in [-0.2, -0.15) is 5.10 Å². The predicted molar refractivity (Wildman–Crippen MR) is 55.6 cm³/mol. The van der Waals surface area contributed by atoms with Crippen LogP contribution in [0.5, 0.6) is 5.75 Å². The van der Waals surface area contributed by atoms with E-state index in [2.05, 4.69) is 11.0 Å². The zero-order valence-electron chi connectivity index (χ0n) is 8.56. The smallest absolute Gasteiger partial charge is 0.158 e. The molecule has 15 heavy (non-hydrogen) atoms. The Morgan fingerprint density at radius 2 is 2.40 bits per heavy atom. The van der Waals surface area contributed by atoms with Gasteiger partial charge in [-0.3, -0.25) is 4.68 Å². The van der Waals surface area contributed by atoms with E-state index in [9.17, 15) is 0 Å². The molecule has 1 fully saturated rings. The third kappa shape index (κ3) is 2.51. The van der Waals surface area contributed by atoms with Crippen molar-refractivity contribution in [3.05, 3.63) is 12.4 Å². The minimum Gasteiger partial charge on any atom is -0.478 e. The predicted octanol–water partition coefficient (Wildman–Crippen LogP) is 1.25. The first-order valence-electron chi connectivity index (χ1n) is 5.08. The molecule has 1 aromatic heterocycles. The Kier molecular flexibility index (Phi) is 3.25. The molecule has 80 valence electrons. The summed E-state index contributed by atoms with van der Waals surface area (Å²) in [5.41, 5.74) is 0. The number of terminal acetylenes is 1. The fraction of sp³-hybridized carbons (Fsp3) is 0.545. The van der Waals surface area contributed by atoms with Crippen molar-refractivity contribution in [3.63, 3.8) is 0 Å². The van der Waals surface area contributed by atoms with E-state index in [0.717, 1.165) is 31.8 Å². The molecule has 2 heterocycles.